The average Bonchev–Trinajstić information content (AvgIpc) is 2.75. The molecule has 2 nitrogen and oxygen atoms in total. The molecule has 0 spiro atoms. The Labute approximate surface area is 110 Å². The third-order valence-corrected chi connectivity index (χ3v) is 3.35. The largest absolute Gasteiger partial charge is 0.449 e. The Morgan fingerprint density at radius 2 is 1.89 bits per heavy atom. The number of carbonyl (C=O) groups is 1. The fourth-order valence-corrected chi connectivity index (χ4v) is 2.58. The maximum Gasteiger partial charge on any atom is 0.404 e. The van der Waals surface area contributed by atoms with Crippen molar-refractivity contribution in [2.75, 3.05) is 0 Å². The van der Waals surface area contributed by atoms with Crippen molar-refractivity contribution in [2.45, 2.75) is 13.0 Å². The molecule has 0 fully saturated rings. The maximum absolute atomic E-state index is 10.7. The number of hydrogen-bond donors (Lipinski definition) is 0. The Balaban J connectivity index is 2.05. The molecule has 1 aliphatic rings. The molecule has 0 atom stereocenters. The Bertz CT molecular complexity index is 620. The van der Waals surface area contributed by atoms with Crippen LogP contribution in [0.5, 0.6) is 0 Å². The van der Waals surface area contributed by atoms with Gasteiger partial charge in [-0.15, -0.1) is 0 Å². The number of hydrogen-bond acceptors (Lipinski definition) is 2. The monoisotopic (exact) mass is 258 g/mol. The minimum atomic E-state index is -0.765. The molecule has 2 aromatic rings. The van der Waals surface area contributed by atoms with E-state index in [2.05, 4.69) is 18.2 Å². The van der Waals surface area contributed by atoms with Crippen molar-refractivity contribution in [2.24, 2.45) is 0 Å². The molecule has 0 aliphatic heterocycles. The highest BCUT2D eigenvalue weighted by Crippen LogP contribution is 2.38. The zero-order valence-electron chi connectivity index (χ0n) is 9.65. The van der Waals surface area contributed by atoms with E-state index in [1.807, 2.05) is 24.3 Å². The van der Waals surface area contributed by atoms with Crippen LogP contribution in [-0.4, -0.2) is 5.43 Å². The van der Waals surface area contributed by atoms with Crippen LogP contribution >= 0.6 is 11.6 Å². The van der Waals surface area contributed by atoms with Gasteiger partial charge in [-0.2, -0.15) is 0 Å². The standard InChI is InChI=1S/C15H11ClO2/c16-15(17)18-9-12-6-3-5-11-8-10-4-1-2-7-13(10)14(11)12/h1-7H,8-9H2. The van der Waals surface area contributed by atoms with Gasteiger partial charge in [-0.3, -0.25) is 0 Å². The van der Waals surface area contributed by atoms with E-state index in [4.69, 9.17) is 16.3 Å². The van der Waals surface area contributed by atoms with Crippen molar-refractivity contribution in [1.82, 2.24) is 0 Å². The van der Waals surface area contributed by atoms with E-state index in [-0.39, 0.29) is 6.61 Å². The van der Waals surface area contributed by atoms with Gasteiger partial charge < -0.3 is 4.74 Å². The first-order valence-electron chi connectivity index (χ1n) is 5.77. The average molecular weight is 259 g/mol. The number of carbonyl (C=O) groups excluding carboxylic acids is 1. The summed E-state index contributed by atoms with van der Waals surface area (Å²) in [4.78, 5) is 10.7. The second-order valence-electron chi connectivity index (χ2n) is 4.31. The van der Waals surface area contributed by atoms with E-state index in [0.29, 0.717) is 0 Å². The van der Waals surface area contributed by atoms with Gasteiger partial charge in [0.1, 0.15) is 6.61 Å². The molecule has 0 unspecified atom stereocenters. The Hall–Kier alpha value is -1.80. The summed E-state index contributed by atoms with van der Waals surface area (Å²) in [5, 5.41) is 0. The predicted octanol–water partition coefficient (Wildman–Crippen LogP) is 4.13. The topological polar surface area (TPSA) is 26.3 Å². The van der Waals surface area contributed by atoms with E-state index >= 15 is 0 Å². The van der Waals surface area contributed by atoms with E-state index in [0.717, 1.165) is 12.0 Å². The lowest BCUT2D eigenvalue weighted by Crippen LogP contribution is -1.97. The molecule has 0 saturated heterocycles. The number of ether oxygens (including phenoxy) is 1. The summed E-state index contributed by atoms with van der Waals surface area (Å²) < 4.78 is 4.89. The second kappa shape index (κ2) is 4.46. The van der Waals surface area contributed by atoms with Gasteiger partial charge in [0.2, 0.25) is 0 Å². The van der Waals surface area contributed by atoms with Gasteiger partial charge in [-0.05, 0) is 34.2 Å². The van der Waals surface area contributed by atoms with Gasteiger partial charge in [0, 0.05) is 11.6 Å². The van der Waals surface area contributed by atoms with Crippen molar-refractivity contribution in [1.29, 1.82) is 0 Å². The molecule has 3 heteroatoms. The Morgan fingerprint density at radius 1 is 1.11 bits per heavy atom. The fourth-order valence-electron chi connectivity index (χ4n) is 2.52. The van der Waals surface area contributed by atoms with Crippen LogP contribution in [0.2, 0.25) is 0 Å². The first-order chi connectivity index (χ1) is 8.75. The van der Waals surface area contributed by atoms with Gasteiger partial charge in [0.15, 0.2) is 0 Å². The predicted molar refractivity (Wildman–Crippen MR) is 70.7 cm³/mol. The molecule has 0 heterocycles. The lowest BCUT2D eigenvalue weighted by molar-refractivity contribution is 0.167. The third-order valence-electron chi connectivity index (χ3n) is 3.25. The maximum atomic E-state index is 10.7. The normalized spacial score (nSPS) is 11.8. The molecule has 0 aromatic heterocycles. The van der Waals surface area contributed by atoms with E-state index < -0.39 is 5.43 Å². The zero-order valence-corrected chi connectivity index (χ0v) is 10.4. The number of rotatable bonds is 2. The van der Waals surface area contributed by atoms with Crippen LogP contribution in [-0.2, 0) is 17.8 Å². The lowest BCUT2D eigenvalue weighted by atomic mass is 10.0. The molecule has 0 saturated carbocycles. The molecule has 0 bridgehead atoms. The Morgan fingerprint density at radius 3 is 2.72 bits per heavy atom. The molecule has 0 amide bonds. The van der Waals surface area contributed by atoms with Crippen molar-refractivity contribution in [3.63, 3.8) is 0 Å². The van der Waals surface area contributed by atoms with Crippen LogP contribution in [0, 0.1) is 0 Å². The van der Waals surface area contributed by atoms with Gasteiger partial charge in [0.05, 0.1) is 0 Å². The number of benzene rings is 2. The third kappa shape index (κ3) is 1.89. The smallest absolute Gasteiger partial charge is 0.404 e. The lowest BCUT2D eigenvalue weighted by Gasteiger charge is -2.09. The Kier molecular flexibility index (Phi) is 2.80. The van der Waals surface area contributed by atoms with Crippen LogP contribution in [0.4, 0.5) is 4.79 Å². The highest BCUT2D eigenvalue weighted by Gasteiger charge is 2.20. The fraction of sp³-hybridized carbons (Fsp3) is 0.133. The second-order valence-corrected chi connectivity index (χ2v) is 4.62. The van der Waals surface area contributed by atoms with Crippen molar-refractivity contribution < 1.29 is 9.53 Å². The van der Waals surface area contributed by atoms with Crippen LogP contribution in [0.25, 0.3) is 11.1 Å². The van der Waals surface area contributed by atoms with Gasteiger partial charge in [-0.1, -0.05) is 42.5 Å². The first-order valence-corrected chi connectivity index (χ1v) is 6.15. The number of halogens is 1. The van der Waals surface area contributed by atoms with E-state index in [1.54, 1.807) is 0 Å². The van der Waals surface area contributed by atoms with Gasteiger partial charge in [0.25, 0.3) is 0 Å². The summed E-state index contributed by atoms with van der Waals surface area (Å²) in [6, 6.07) is 14.4. The quantitative estimate of drug-likeness (QED) is 0.646. The highest BCUT2D eigenvalue weighted by atomic mass is 35.5. The summed E-state index contributed by atoms with van der Waals surface area (Å²) in [5.41, 5.74) is 5.25. The summed E-state index contributed by atoms with van der Waals surface area (Å²) in [6.45, 7) is 0.222. The zero-order chi connectivity index (χ0) is 12.5. The van der Waals surface area contributed by atoms with Crippen LogP contribution < -0.4 is 0 Å². The van der Waals surface area contributed by atoms with Crippen molar-refractivity contribution >= 4 is 17.0 Å². The molecule has 2 aromatic carbocycles. The first kappa shape index (κ1) is 11.3. The van der Waals surface area contributed by atoms with Crippen LogP contribution in [0.1, 0.15) is 16.7 Å². The van der Waals surface area contributed by atoms with E-state index in [1.165, 1.54) is 22.3 Å². The molecule has 18 heavy (non-hydrogen) atoms. The van der Waals surface area contributed by atoms with Gasteiger partial charge in [-0.25, -0.2) is 4.79 Å². The minimum absolute atomic E-state index is 0.222. The molecular formula is C15H11ClO2. The van der Waals surface area contributed by atoms with E-state index in [9.17, 15) is 4.79 Å². The molecular weight excluding hydrogens is 248 g/mol. The molecule has 0 N–H and O–H groups in total. The van der Waals surface area contributed by atoms with Gasteiger partial charge >= 0.3 is 5.43 Å². The highest BCUT2D eigenvalue weighted by molar-refractivity contribution is 6.61. The van der Waals surface area contributed by atoms with Crippen molar-refractivity contribution in [3.05, 3.63) is 59.2 Å². The summed E-state index contributed by atoms with van der Waals surface area (Å²) in [6.07, 6.45) is 0.939. The summed E-state index contributed by atoms with van der Waals surface area (Å²) in [5.74, 6) is 0. The number of fused-ring (bicyclic) bond motifs is 3. The molecule has 0 radical (unpaired) electrons. The van der Waals surface area contributed by atoms with Crippen LogP contribution in [0.15, 0.2) is 42.5 Å². The SMILES string of the molecule is O=C(Cl)OCc1cccc2c1-c1ccccc1C2. The summed E-state index contributed by atoms with van der Waals surface area (Å²) >= 11 is 5.22. The molecule has 1 aliphatic carbocycles. The molecule has 90 valence electrons. The minimum Gasteiger partial charge on any atom is -0.449 e. The summed E-state index contributed by atoms with van der Waals surface area (Å²) in [7, 11) is 0. The molecule has 3 rings (SSSR count). The van der Waals surface area contributed by atoms with Crippen LogP contribution in [0.3, 0.4) is 0 Å². The van der Waals surface area contributed by atoms with Crippen molar-refractivity contribution in [3.8, 4) is 11.1 Å².